The summed E-state index contributed by atoms with van der Waals surface area (Å²) in [5, 5.41) is 3.99. The van der Waals surface area contributed by atoms with E-state index >= 15 is 0 Å². The van der Waals surface area contributed by atoms with Crippen molar-refractivity contribution in [2.45, 2.75) is 26.3 Å². The summed E-state index contributed by atoms with van der Waals surface area (Å²) >= 11 is 0. The molecule has 8 heteroatoms. The third-order valence-electron chi connectivity index (χ3n) is 3.04. The summed E-state index contributed by atoms with van der Waals surface area (Å²) in [4.78, 5) is 39.3. The van der Waals surface area contributed by atoms with Crippen LogP contribution in [0.15, 0.2) is 41.5 Å². The first-order chi connectivity index (χ1) is 11.1. The summed E-state index contributed by atoms with van der Waals surface area (Å²) in [6.45, 7) is 2.44. The summed E-state index contributed by atoms with van der Waals surface area (Å²) in [6, 6.07) is 5.77. The maximum atomic E-state index is 12.0. The average molecular weight is 315 g/mol. The van der Waals surface area contributed by atoms with Crippen LogP contribution < -0.4 is 16.4 Å². The maximum absolute atomic E-state index is 12.0. The second kappa shape index (κ2) is 7.83. The van der Waals surface area contributed by atoms with E-state index in [9.17, 15) is 14.4 Å². The van der Waals surface area contributed by atoms with E-state index in [-0.39, 0.29) is 11.3 Å². The highest BCUT2D eigenvalue weighted by atomic mass is 16.2. The number of nitrogens with zero attached hydrogens (tertiary/aromatic N) is 3. The minimum atomic E-state index is -0.604. The van der Waals surface area contributed by atoms with Gasteiger partial charge < -0.3 is 0 Å². The van der Waals surface area contributed by atoms with Gasteiger partial charge in [-0.15, -0.1) is 0 Å². The first-order valence-electron chi connectivity index (χ1n) is 7.20. The number of unbranched alkanes of at least 4 members (excludes halogenated alkanes) is 1. The Bertz CT molecular complexity index is 742. The van der Waals surface area contributed by atoms with Gasteiger partial charge in [-0.05, 0) is 24.6 Å². The first kappa shape index (κ1) is 16.3. The lowest BCUT2D eigenvalue weighted by Crippen LogP contribution is -2.42. The number of nitrogens with one attached hydrogen (secondary N) is 2. The number of hydrazine groups is 1. The Kier molecular flexibility index (Phi) is 5.56. The summed E-state index contributed by atoms with van der Waals surface area (Å²) < 4.78 is 1.24. The Labute approximate surface area is 132 Å². The smallest absolute Gasteiger partial charge is 0.268 e. The van der Waals surface area contributed by atoms with Crippen molar-refractivity contribution in [1.29, 1.82) is 0 Å². The van der Waals surface area contributed by atoms with Crippen LogP contribution in [0.25, 0.3) is 0 Å². The molecule has 2 rings (SSSR count). The van der Waals surface area contributed by atoms with Crippen LogP contribution >= 0.6 is 0 Å². The second-order valence-corrected chi connectivity index (χ2v) is 4.78. The molecule has 0 aromatic carbocycles. The van der Waals surface area contributed by atoms with Crippen LogP contribution in [0.5, 0.6) is 0 Å². The van der Waals surface area contributed by atoms with Crippen molar-refractivity contribution in [3.8, 4) is 0 Å². The molecule has 0 saturated heterocycles. The minimum Gasteiger partial charge on any atom is -0.268 e. The van der Waals surface area contributed by atoms with Gasteiger partial charge in [0, 0.05) is 25.0 Å². The second-order valence-electron chi connectivity index (χ2n) is 4.78. The molecule has 0 aliphatic rings. The minimum absolute atomic E-state index is 0.0483. The van der Waals surface area contributed by atoms with Crippen LogP contribution in [0.4, 0.5) is 0 Å². The number of carbonyl (C=O) groups excluding carboxylic acids is 2. The number of rotatable bonds is 5. The third-order valence-corrected chi connectivity index (χ3v) is 3.04. The van der Waals surface area contributed by atoms with Crippen molar-refractivity contribution < 1.29 is 9.59 Å². The molecule has 23 heavy (non-hydrogen) atoms. The number of hydrogen-bond acceptors (Lipinski definition) is 5. The fraction of sp³-hybridized carbons (Fsp3) is 0.267. The maximum Gasteiger partial charge on any atom is 0.290 e. The van der Waals surface area contributed by atoms with Crippen LogP contribution in [-0.4, -0.2) is 26.6 Å². The molecule has 2 heterocycles. The molecule has 2 amide bonds. The molecular weight excluding hydrogens is 298 g/mol. The van der Waals surface area contributed by atoms with Gasteiger partial charge in [0.05, 0.1) is 5.56 Å². The summed E-state index contributed by atoms with van der Waals surface area (Å²) in [5.74, 6) is -1.10. The SMILES string of the molecule is CCCCn1nc(C(=O)NNC(=O)c2cccnc2)ccc1=O. The molecule has 120 valence electrons. The van der Waals surface area contributed by atoms with Crippen LogP contribution in [0.3, 0.4) is 0 Å². The predicted molar refractivity (Wildman–Crippen MR) is 82.6 cm³/mol. The molecule has 2 aromatic heterocycles. The fourth-order valence-corrected chi connectivity index (χ4v) is 1.78. The van der Waals surface area contributed by atoms with Crippen molar-refractivity contribution in [2.24, 2.45) is 0 Å². The van der Waals surface area contributed by atoms with Gasteiger partial charge in [0.2, 0.25) is 0 Å². The topological polar surface area (TPSA) is 106 Å². The Hall–Kier alpha value is -3.03. The monoisotopic (exact) mass is 315 g/mol. The molecule has 2 N–H and O–H groups in total. The third kappa shape index (κ3) is 4.47. The molecule has 0 aliphatic carbocycles. The number of pyridine rings is 1. The first-order valence-corrected chi connectivity index (χ1v) is 7.20. The van der Waals surface area contributed by atoms with Gasteiger partial charge in [-0.3, -0.25) is 30.2 Å². The highest BCUT2D eigenvalue weighted by molar-refractivity contribution is 5.97. The van der Waals surface area contributed by atoms with Gasteiger partial charge in [-0.2, -0.15) is 5.10 Å². The van der Waals surface area contributed by atoms with Gasteiger partial charge >= 0.3 is 0 Å². The molecule has 0 atom stereocenters. The normalized spacial score (nSPS) is 10.1. The molecule has 0 radical (unpaired) electrons. The number of hydrogen-bond donors (Lipinski definition) is 2. The molecule has 2 aromatic rings. The van der Waals surface area contributed by atoms with E-state index in [1.807, 2.05) is 6.92 Å². The van der Waals surface area contributed by atoms with Gasteiger partial charge in [-0.25, -0.2) is 4.68 Å². The molecular formula is C15H17N5O3. The Morgan fingerprint density at radius 2 is 1.96 bits per heavy atom. The number of aryl methyl sites for hydroxylation is 1. The van der Waals surface area contributed by atoms with Crippen LogP contribution in [0.1, 0.15) is 40.6 Å². The van der Waals surface area contributed by atoms with E-state index in [0.29, 0.717) is 12.1 Å². The van der Waals surface area contributed by atoms with E-state index in [2.05, 4.69) is 20.9 Å². The van der Waals surface area contributed by atoms with Crippen molar-refractivity contribution in [1.82, 2.24) is 25.6 Å². The number of amides is 2. The lowest BCUT2D eigenvalue weighted by atomic mass is 10.3. The summed E-state index contributed by atoms with van der Waals surface area (Å²) in [6.07, 6.45) is 4.62. The van der Waals surface area contributed by atoms with Crippen LogP contribution in [0.2, 0.25) is 0 Å². The van der Waals surface area contributed by atoms with E-state index < -0.39 is 11.8 Å². The van der Waals surface area contributed by atoms with E-state index in [4.69, 9.17) is 0 Å². The van der Waals surface area contributed by atoms with E-state index in [1.54, 1.807) is 18.3 Å². The van der Waals surface area contributed by atoms with Crippen molar-refractivity contribution in [3.05, 3.63) is 58.3 Å². The van der Waals surface area contributed by atoms with Crippen molar-refractivity contribution in [2.75, 3.05) is 0 Å². The zero-order chi connectivity index (χ0) is 16.7. The lowest BCUT2D eigenvalue weighted by molar-refractivity contribution is 0.0842. The standard InChI is InChI=1S/C15H17N5O3/c1-2-3-9-20-13(21)7-6-12(19-20)15(23)18-17-14(22)11-5-4-8-16-10-11/h4-8,10H,2-3,9H2,1H3,(H,17,22)(H,18,23). The molecule has 0 fully saturated rings. The summed E-state index contributed by atoms with van der Waals surface area (Å²) in [7, 11) is 0. The molecule has 0 aliphatic heterocycles. The Morgan fingerprint density at radius 3 is 2.65 bits per heavy atom. The predicted octanol–water partition coefficient (Wildman–Crippen LogP) is 0.513. The highest BCUT2D eigenvalue weighted by Gasteiger charge is 2.11. The van der Waals surface area contributed by atoms with Crippen molar-refractivity contribution >= 4 is 11.8 Å². The molecule has 0 unspecified atom stereocenters. The quantitative estimate of drug-likeness (QED) is 0.782. The molecule has 8 nitrogen and oxygen atoms in total. The van der Waals surface area contributed by atoms with Gasteiger partial charge in [0.15, 0.2) is 5.69 Å². The summed E-state index contributed by atoms with van der Waals surface area (Å²) in [5.41, 5.74) is 4.62. The molecule has 0 spiro atoms. The fourth-order valence-electron chi connectivity index (χ4n) is 1.78. The van der Waals surface area contributed by atoms with Crippen molar-refractivity contribution in [3.63, 3.8) is 0 Å². The zero-order valence-electron chi connectivity index (χ0n) is 12.7. The van der Waals surface area contributed by atoms with Gasteiger partial charge in [0.1, 0.15) is 0 Å². The number of carbonyl (C=O) groups is 2. The van der Waals surface area contributed by atoms with Gasteiger partial charge in [0.25, 0.3) is 17.4 Å². The number of aromatic nitrogens is 3. The molecule has 0 saturated carbocycles. The Balaban J connectivity index is 2.00. The molecule has 0 bridgehead atoms. The van der Waals surface area contributed by atoms with Crippen LogP contribution in [-0.2, 0) is 6.54 Å². The van der Waals surface area contributed by atoms with Crippen LogP contribution in [0, 0.1) is 0 Å². The average Bonchev–Trinajstić information content (AvgIpc) is 2.59. The Morgan fingerprint density at radius 1 is 1.17 bits per heavy atom. The van der Waals surface area contributed by atoms with E-state index in [1.165, 1.54) is 23.0 Å². The van der Waals surface area contributed by atoms with Gasteiger partial charge in [-0.1, -0.05) is 13.3 Å². The highest BCUT2D eigenvalue weighted by Crippen LogP contribution is 1.96. The van der Waals surface area contributed by atoms with E-state index in [0.717, 1.165) is 12.8 Å². The lowest BCUT2D eigenvalue weighted by Gasteiger charge is -2.08. The zero-order valence-corrected chi connectivity index (χ0v) is 12.7. The largest absolute Gasteiger partial charge is 0.290 e.